The van der Waals surface area contributed by atoms with Crippen molar-refractivity contribution in [2.24, 2.45) is 0 Å². The van der Waals surface area contributed by atoms with Crippen LogP contribution in [0, 0.1) is 6.92 Å². The molecule has 7 nitrogen and oxygen atoms in total. The van der Waals surface area contributed by atoms with E-state index < -0.39 is 0 Å². The molecule has 0 spiro atoms. The summed E-state index contributed by atoms with van der Waals surface area (Å²) in [7, 11) is 0. The first-order valence-electron chi connectivity index (χ1n) is 8.56. The van der Waals surface area contributed by atoms with E-state index in [2.05, 4.69) is 10.2 Å². The summed E-state index contributed by atoms with van der Waals surface area (Å²) < 4.78 is 11.2. The van der Waals surface area contributed by atoms with Gasteiger partial charge in [0.05, 0.1) is 25.8 Å². The predicted octanol–water partition coefficient (Wildman–Crippen LogP) is 0.700. The molecule has 1 aromatic rings. The van der Waals surface area contributed by atoms with Gasteiger partial charge in [0.25, 0.3) is 0 Å². The minimum Gasteiger partial charge on any atom is -0.465 e. The molecule has 0 aliphatic carbocycles. The molecule has 1 N–H and O–H groups in total. The summed E-state index contributed by atoms with van der Waals surface area (Å²) in [5, 5.41) is 2.96. The number of hydrogen-bond acceptors (Lipinski definition) is 5. The zero-order chi connectivity index (χ0) is 16.9. The topological polar surface area (TPSA) is 75.0 Å². The van der Waals surface area contributed by atoms with Gasteiger partial charge in [-0.15, -0.1) is 0 Å². The summed E-state index contributed by atoms with van der Waals surface area (Å²) in [6.07, 6.45) is 1.39. The standard InChI is InChI=1S/C17H25N3O4/c1-13-4-5-15(24-13)14(19-7-9-23-10-8-19)11-18-16(21)12-20-6-2-3-17(20)22/h4-5,14H,2-3,6-12H2,1H3,(H,18,21)/t14-/m0/s1. The SMILES string of the molecule is Cc1ccc([C@H](CNC(=O)CN2CCCC2=O)N2CCOCC2)o1. The molecule has 2 fully saturated rings. The fourth-order valence-corrected chi connectivity index (χ4v) is 3.24. The van der Waals surface area contributed by atoms with Crippen molar-refractivity contribution in [3.8, 4) is 0 Å². The highest BCUT2D eigenvalue weighted by Gasteiger charge is 2.27. The van der Waals surface area contributed by atoms with Crippen molar-refractivity contribution >= 4 is 11.8 Å². The maximum Gasteiger partial charge on any atom is 0.239 e. The lowest BCUT2D eigenvalue weighted by atomic mass is 10.1. The molecule has 2 aliphatic heterocycles. The van der Waals surface area contributed by atoms with Crippen LogP contribution in [0.4, 0.5) is 0 Å². The zero-order valence-corrected chi connectivity index (χ0v) is 14.1. The first-order chi connectivity index (χ1) is 11.6. The third-order valence-electron chi connectivity index (χ3n) is 4.57. The summed E-state index contributed by atoms with van der Waals surface area (Å²) in [6, 6.07) is 3.89. The van der Waals surface area contributed by atoms with Gasteiger partial charge in [0.1, 0.15) is 11.5 Å². The lowest BCUT2D eigenvalue weighted by molar-refractivity contribution is -0.133. The van der Waals surface area contributed by atoms with Crippen LogP contribution in [0.3, 0.4) is 0 Å². The molecule has 132 valence electrons. The molecule has 7 heteroatoms. The van der Waals surface area contributed by atoms with Crippen LogP contribution < -0.4 is 5.32 Å². The summed E-state index contributed by atoms with van der Waals surface area (Å²) in [5.41, 5.74) is 0. The van der Waals surface area contributed by atoms with Gasteiger partial charge < -0.3 is 19.4 Å². The Labute approximate surface area is 141 Å². The van der Waals surface area contributed by atoms with E-state index in [1.54, 1.807) is 4.90 Å². The van der Waals surface area contributed by atoms with E-state index in [0.29, 0.717) is 32.7 Å². The van der Waals surface area contributed by atoms with Crippen molar-refractivity contribution in [2.45, 2.75) is 25.8 Å². The van der Waals surface area contributed by atoms with Crippen LogP contribution >= 0.6 is 0 Å². The molecule has 2 saturated heterocycles. The Hall–Kier alpha value is -1.86. The van der Waals surface area contributed by atoms with E-state index in [9.17, 15) is 9.59 Å². The fourth-order valence-electron chi connectivity index (χ4n) is 3.24. The molecule has 1 atom stereocenters. The predicted molar refractivity (Wildman–Crippen MR) is 87.4 cm³/mol. The number of aryl methyl sites for hydroxylation is 1. The second-order valence-electron chi connectivity index (χ2n) is 6.34. The van der Waals surface area contributed by atoms with Gasteiger partial charge in [0.15, 0.2) is 0 Å². The van der Waals surface area contributed by atoms with Gasteiger partial charge >= 0.3 is 0 Å². The number of hydrogen-bond donors (Lipinski definition) is 1. The van der Waals surface area contributed by atoms with Gasteiger partial charge in [0, 0.05) is 32.6 Å². The molecule has 0 saturated carbocycles. The molecular weight excluding hydrogens is 310 g/mol. The van der Waals surface area contributed by atoms with E-state index in [-0.39, 0.29) is 24.4 Å². The quantitative estimate of drug-likeness (QED) is 0.828. The first kappa shape index (κ1) is 17.0. The molecule has 2 amide bonds. The highest BCUT2D eigenvalue weighted by atomic mass is 16.5. The minimum atomic E-state index is -0.119. The van der Waals surface area contributed by atoms with Crippen LogP contribution in [0.25, 0.3) is 0 Å². The van der Waals surface area contributed by atoms with Crippen molar-refractivity contribution in [3.05, 3.63) is 23.7 Å². The normalized spacial score (nSPS) is 20.4. The second-order valence-corrected chi connectivity index (χ2v) is 6.34. The summed E-state index contributed by atoms with van der Waals surface area (Å²) in [5.74, 6) is 1.66. The average molecular weight is 335 g/mol. The van der Waals surface area contributed by atoms with Crippen molar-refractivity contribution in [1.82, 2.24) is 15.1 Å². The van der Waals surface area contributed by atoms with E-state index in [0.717, 1.165) is 31.0 Å². The van der Waals surface area contributed by atoms with E-state index >= 15 is 0 Å². The maximum absolute atomic E-state index is 12.2. The number of amides is 2. The van der Waals surface area contributed by atoms with Crippen LogP contribution in [0.5, 0.6) is 0 Å². The van der Waals surface area contributed by atoms with Crippen LogP contribution in [-0.4, -0.2) is 67.6 Å². The first-order valence-corrected chi connectivity index (χ1v) is 8.56. The molecule has 0 bridgehead atoms. The number of furan rings is 1. The largest absolute Gasteiger partial charge is 0.465 e. The third-order valence-corrected chi connectivity index (χ3v) is 4.57. The number of carbonyl (C=O) groups is 2. The lowest BCUT2D eigenvalue weighted by Gasteiger charge is -2.33. The van der Waals surface area contributed by atoms with E-state index in [1.165, 1.54) is 0 Å². The third kappa shape index (κ3) is 4.15. The fraction of sp³-hybridized carbons (Fsp3) is 0.647. The van der Waals surface area contributed by atoms with Crippen molar-refractivity contribution in [2.75, 3.05) is 45.9 Å². The molecular formula is C17H25N3O4. The Balaban J connectivity index is 1.59. The Morgan fingerprint density at radius 3 is 2.71 bits per heavy atom. The molecule has 3 rings (SSSR count). The molecule has 2 aliphatic rings. The number of rotatable bonds is 6. The van der Waals surface area contributed by atoms with Gasteiger partial charge in [-0.1, -0.05) is 0 Å². The average Bonchev–Trinajstić information content (AvgIpc) is 3.18. The van der Waals surface area contributed by atoms with Crippen molar-refractivity contribution in [3.63, 3.8) is 0 Å². The maximum atomic E-state index is 12.2. The van der Waals surface area contributed by atoms with E-state index in [4.69, 9.17) is 9.15 Å². The van der Waals surface area contributed by atoms with E-state index in [1.807, 2.05) is 19.1 Å². The zero-order valence-electron chi connectivity index (χ0n) is 14.1. The lowest BCUT2D eigenvalue weighted by Crippen LogP contribution is -2.45. The molecule has 1 aromatic heterocycles. The summed E-state index contributed by atoms with van der Waals surface area (Å²) in [4.78, 5) is 27.7. The Morgan fingerprint density at radius 2 is 2.08 bits per heavy atom. The monoisotopic (exact) mass is 335 g/mol. The number of nitrogens with zero attached hydrogens (tertiary/aromatic N) is 2. The van der Waals surface area contributed by atoms with Crippen LogP contribution in [0.2, 0.25) is 0 Å². The molecule has 3 heterocycles. The number of carbonyl (C=O) groups excluding carboxylic acids is 2. The molecule has 0 aromatic carbocycles. The smallest absolute Gasteiger partial charge is 0.239 e. The molecule has 0 unspecified atom stereocenters. The number of nitrogens with one attached hydrogen (secondary N) is 1. The Bertz CT molecular complexity index is 580. The summed E-state index contributed by atoms with van der Waals surface area (Å²) in [6.45, 7) is 6.20. The van der Waals surface area contributed by atoms with Crippen molar-refractivity contribution < 1.29 is 18.7 Å². The van der Waals surface area contributed by atoms with Gasteiger partial charge in [0.2, 0.25) is 11.8 Å². The molecule has 0 radical (unpaired) electrons. The second kappa shape index (κ2) is 7.81. The van der Waals surface area contributed by atoms with Gasteiger partial charge in [-0.25, -0.2) is 0 Å². The van der Waals surface area contributed by atoms with Crippen LogP contribution in [0.1, 0.15) is 30.4 Å². The van der Waals surface area contributed by atoms with Gasteiger partial charge in [-0.05, 0) is 25.5 Å². The molecule has 24 heavy (non-hydrogen) atoms. The number of likely N-dealkylation sites (tertiary alicyclic amines) is 1. The highest BCUT2D eigenvalue weighted by molar-refractivity contribution is 5.85. The Morgan fingerprint density at radius 1 is 1.29 bits per heavy atom. The summed E-state index contributed by atoms with van der Waals surface area (Å²) >= 11 is 0. The van der Waals surface area contributed by atoms with Crippen LogP contribution in [0.15, 0.2) is 16.5 Å². The Kier molecular flexibility index (Phi) is 5.52. The van der Waals surface area contributed by atoms with Gasteiger partial charge in [-0.3, -0.25) is 14.5 Å². The number of ether oxygens (including phenoxy) is 1. The highest BCUT2D eigenvalue weighted by Crippen LogP contribution is 2.23. The minimum absolute atomic E-state index is 0.0131. The van der Waals surface area contributed by atoms with Crippen LogP contribution in [-0.2, 0) is 14.3 Å². The van der Waals surface area contributed by atoms with Gasteiger partial charge in [-0.2, -0.15) is 0 Å². The number of morpholine rings is 1. The van der Waals surface area contributed by atoms with Crippen molar-refractivity contribution in [1.29, 1.82) is 0 Å².